The molecule has 0 atom stereocenters. The van der Waals surface area contributed by atoms with Crippen LogP contribution in [0.15, 0.2) is 54.9 Å². The second-order valence-electron chi connectivity index (χ2n) is 4.02. The zero-order valence-corrected chi connectivity index (χ0v) is 9.50. The molecule has 0 aliphatic heterocycles. The van der Waals surface area contributed by atoms with Crippen molar-refractivity contribution in [2.45, 2.75) is 0 Å². The van der Waals surface area contributed by atoms with Crippen LogP contribution < -0.4 is 4.57 Å². The first-order chi connectivity index (χ1) is 8.75. The molecule has 0 fully saturated rings. The molecular weight excluding hydrogens is 228 g/mol. The van der Waals surface area contributed by atoms with Crippen molar-refractivity contribution in [1.29, 1.82) is 0 Å². The lowest BCUT2D eigenvalue weighted by atomic mass is 10.2. The first kappa shape index (κ1) is 10.5. The summed E-state index contributed by atoms with van der Waals surface area (Å²) in [7, 11) is 0. The van der Waals surface area contributed by atoms with E-state index >= 15 is 0 Å². The lowest BCUT2D eigenvalue weighted by Gasteiger charge is -1.96. The molecule has 0 spiro atoms. The Bertz CT molecular complexity index is 717. The molecule has 88 valence electrons. The summed E-state index contributed by atoms with van der Waals surface area (Å²) >= 11 is 0. The van der Waals surface area contributed by atoms with Gasteiger partial charge in [-0.05, 0) is 24.3 Å². The number of nitrogens with zero attached hydrogens (tertiary/aromatic N) is 1. The van der Waals surface area contributed by atoms with Crippen molar-refractivity contribution in [3.63, 3.8) is 0 Å². The van der Waals surface area contributed by atoms with Gasteiger partial charge in [-0.15, -0.1) is 0 Å². The van der Waals surface area contributed by atoms with Crippen molar-refractivity contribution in [3.8, 4) is 5.69 Å². The predicted molar refractivity (Wildman–Crippen MR) is 66.8 cm³/mol. The van der Waals surface area contributed by atoms with E-state index in [1.165, 1.54) is 0 Å². The smallest absolute Gasteiger partial charge is 0.335 e. The summed E-state index contributed by atoms with van der Waals surface area (Å²) in [5.74, 6) is -0.919. The number of imidazole rings is 1. The summed E-state index contributed by atoms with van der Waals surface area (Å²) in [6, 6.07) is 14.9. The minimum Gasteiger partial charge on any atom is -0.478 e. The van der Waals surface area contributed by atoms with E-state index in [-0.39, 0.29) is 5.56 Å². The number of carboxylic acid groups (broad SMARTS) is 1. The third-order valence-electron chi connectivity index (χ3n) is 2.89. The van der Waals surface area contributed by atoms with Gasteiger partial charge < -0.3 is 5.11 Å². The highest BCUT2D eigenvalue weighted by atomic mass is 16.4. The lowest BCUT2D eigenvalue weighted by Crippen LogP contribution is -2.28. The first-order valence-corrected chi connectivity index (χ1v) is 5.57. The van der Waals surface area contributed by atoms with Crippen LogP contribution in [0.3, 0.4) is 0 Å². The largest absolute Gasteiger partial charge is 0.478 e. The highest BCUT2D eigenvalue weighted by Crippen LogP contribution is 2.12. The van der Waals surface area contributed by atoms with Crippen LogP contribution in [0.5, 0.6) is 0 Å². The molecular formula is C14H11N2O2+. The fourth-order valence-corrected chi connectivity index (χ4v) is 2.00. The summed E-state index contributed by atoms with van der Waals surface area (Å²) in [5.41, 5.74) is 3.07. The minimum absolute atomic E-state index is 0.282. The van der Waals surface area contributed by atoms with Crippen molar-refractivity contribution in [2.24, 2.45) is 0 Å². The van der Waals surface area contributed by atoms with E-state index < -0.39 is 5.97 Å². The van der Waals surface area contributed by atoms with E-state index in [0.29, 0.717) is 0 Å². The highest BCUT2D eigenvalue weighted by molar-refractivity contribution is 5.91. The molecule has 0 radical (unpaired) electrons. The van der Waals surface area contributed by atoms with Crippen LogP contribution in [-0.4, -0.2) is 16.1 Å². The topological polar surface area (TPSA) is 57.0 Å². The number of aromatic amines is 1. The zero-order chi connectivity index (χ0) is 12.5. The third kappa shape index (κ3) is 1.64. The van der Waals surface area contributed by atoms with Crippen LogP contribution in [0, 0.1) is 0 Å². The number of rotatable bonds is 2. The monoisotopic (exact) mass is 239 g/mol. The highest BCUT2D eigenvalue weighted by Gasteiger charge is 2.13. The van der Waals surface area contributed by atoms with Gasteiger partial charge in [0.1, 0.15) is 5.69 Å². The minimum atomic E-state index is -0.919. The number of hydrogen-bond acceptors (Lipinski definition) is 1. The van der Waals surface area contributed by atoms with Gasteiger partial charge in [-0.25, -0.2) is 9.78 Å². The Morgan fingerprint density at radius 3 is 2.61 bits per heavy atom. The molecule has 0 bridgehead atoms. The van der Waals surface area contributed by atoms with Gasteiger partial charge in [-0.3, -0.25) is 0 Å². The maximum atomic E-state index is 10.9. The quantitative estimate of drug-likeness (QED) is 0.673. The molecule has 2 N–H and O–H groups in total. The molecule has 4 nitrogen and oxygen atoms in total. The number of carbonyl (C=O) groups is 1. The van der Waals surface area contributed by atoms with E-state index in [0.717, 1.165) is 16.7 Å². The zero-order valence-electron chi connectivity index (χ0n) is 9.50. The molecule has 1 aromatic heterocycles. The third-order valence-corrected chi connectivity index (χ3v) is 2.89. The number of para-hydroxylation sites is 1. The molecule has 1 heterocycles. The van der Waals surface area contributed by atoms with E-state index in [1.54, 1.807) is 12.1 Å². The first-order valence-electron chi connectivity index (χ1n) is 5.57. The standard InChI is InChI=1S/C14H10N2O2/c17-14(18)10-6-7-13-12(8-10)15-9-16(13)11-4-2-1-3-5-11/h1-9H,(H,17,18)/p+1. The van der Waals surface area contributed by atoms with Gasteiger partial charge in [-0.2, -0.15) is 4.57 Å². The van der Waals surface area contributed by atoms with Gasteiger partial charge in [-0.1, -0.05) is 18.2 Å². The molecule has 0 saturated carbocycles. The molecule has 0 aliphatic rings. The van der Waals surface area contributed by atoms with Crippen molar-refractivity contribution in [3.05, 3.63) is 60.4 Å². The number of aromatic nitrogens is 2. The van der Waals surface area contributed by atoms with E-state index in [4.69, 9.17) is 5.11 Å². The van der Waals surface area contributed by atoms with Crippen LogP contribution in [0.2, 0.25) is 0 Å². The summed E-state index contributed by atoms with van der Waals surface area (Å²) in [5, 5.41) is 8.95. The predicted octanol–water partition coefficient (Wildman–Crippen LogP) is 2.14. The van der Waals surface area contributed by atoms with Gasteiger partial charge in [0, 0.05) is 6.07 Å². The Kier molecular flexibility index (Phi) is 2.34. The summed E-state index contributed by atoms with van der Waals surface area (Å²) in [4.78, 5) is 14.0. The Balaban J connectivity index is 2.19. The Morgan fingerprint density at radius 1 is 1.11 bits per heavy atom. The van der Waals surface area contributed by atoms with E-state index in [9.17, 15) is 4.79 Å². The van der Waals surface area contributed by atoms with Crippen molar-refractivity contribution in [1.82, 2.24) is 4.98 Å². The summed E-state index contributed by atoms with van der Waals surface area (Å²) < 4.78 is 1.99. The van der Waals surface area contributed by atoms with Crippen LogP contribution in [0.1, 0.15) is 10.4 Å². The Morgan fingerprint density at radius 2 is 1.89 bits per heavy atom. The molecule has 4 heteroatoms. The molecule has 0 saturated heterocycles. The number of H-pyrrole nitrogens is 1. The van der Waals surface area contributed by atoms with Gasteiger partial charge in [0.2, 0.25) is 6.33 Å². The number of nitrogens with one attached hydrogen (secondary N) is 1. The lowest BCUT2D eigenvalue weighted by molar-refractivity contribution is -0.567. The fourth-order valence-electron chi connectivity index (χ4n) is 2.00. The van der Waals surface area contributed by atoms with Crippen molar-refractivity contribution in [2.75, 3.05) is 0 Å². The average Bonchev–Trinajstić information content (AvgIpc) is 2.82. The van der Waals surface area contributed by atoms with Crippen molar-refractivity contribution >= 4 is 17.0 Å². The second kappa shape index (κ2) is 4.00. The van der Waals surface area contributed by atoms with E-state index in [2.05, 4.69) is 4.98 Å². The molecule has 3 rings (SSSR count). The summed E-state index contributed by atoms with van der Waals surface area (Å²) in [6.45, 7) is 0. The normalized spacial score (nSPS) is 10.7. The van der Waals surface area contributed by atoms with Gasteiger partial charge in [0.15, 0.2) is 11.0 Å². The van der Waals surface area contributed by atoms with Crippen LogP contribution in [0.4, 0.5) is 0 Å². The fraction of sp³-hybridized carbons (Fsp3) is 0. The molecule has 0 aliphatic carbocycles. The number of benzene rings is 2. The van der Waals surface area contributed by atoms with Gasteiger partial charge >= 0.3 is 5.97 Å². The SMILES string of the molecule is O=C(O)c1ccc2c(c1)[nH]c[n+]2-c1ccccc1. The molecule has 0 unspecified atom stereocenters. The Hall–Kier alpha value is -2.62. The van der Waals surface area contributed by atoms with Crippen LogP contribution in [0.25, 0.3) is 16.7 Å². The van der Waals surface area contributed by atoms with Crippen molar-refractivity contribution < 1.29 is 14.5 Å². The maximum absolute atomic E-state index is 10.9. The van der Waals surface area contributed by atoms with E-state index in [1.807, 2.05) is 47.3 Å². The van der Waals surface area contributed by atoms with Crippen LogP contribution in [-0.2, 0) is 0 Å². The molecule has 3 aromatic rings. The second-order valence-corrected chi connectivity index (χ2v) is 4.02. The van der Waals surface area contributed by atoms with Crippen LogP contribution >= 0.6 is 0 Å². The Labute approximate surface area is 103 Å². The number of hydrogen-bond donors (Lipinski definition) is 2. The average molecular weight is 239 g/mol. The van der Waals surface area contributed by atoms with Gasteiger partial charge in [0.25, 0.3) is 0 Å². The maximum Gasteiger partial charge on any atom is 0.335 e. The molecule has 18 heavy (non-hydrogen) atoms. The number of fused-ring (bicyclic) bond motifs is 1. The number of aromatic carboxylic acids is 1. The molecule has 0 amide bonds. The number of carboxylic acids is 1. The molecule has 2 aromatic carbocycles. The summed E-state index contributed by atoms with van der Waals surface area (Å²) in [6.07, 6.45) is 1.83. The van der Waals surface area contributed by atoms with Gasteiger partial charge in [0.05, 0.1) is 5.56 Å².